The second kappa shape index (κ2) is 5.08. The highest BCUT2D eigenvalue weighted by Gasteiger charge is 2.29. The predicted octanol–water partition coefficient (Wildman–Crippen LogP) is 4.09. The molecule has 1 aromatic carbocycles. The summed E-state index contributed by atoms with van der Waals surface area (Å²) in [6, 6.07) is 4.94. The van der Waals surface area contributed by atoms with Crippen molar-refractivity contribution in [1.82, 2.24) is 0 Å². The van der Waals surface area contributed by atoms with Crippen molar-refractivity contribution in [3.05, 3.63) is 35.4 Å². The number of rotatable bonds is 3. The van der Waals surface area contributed by atoms with Gasteiger partial charge in [-0.05, 0) is 24.1 Å². The van der Waals surface area contributed by atoms with E-state index in [1.54, 1.807) is 0 Å². The lowest BCUT2D eigenvalue weighted by Gasteiger charge is -2.08. The highest BCUT2D eigenvalue weighted by Crippen LogP contribution is 2.29. The largest absolute Gasteiger partial charge is 0.416 e. The molecule has 1 atom stereocenters. The molecule has 1 rings (SSSR count). The van der Waals surface area contributed by atoms with Gasteiger partial charge in [0.2, 0.25) is 0 Å². The van der Waals surface area contributed by atoms with E-state index < -0.39 is 11.7 Å². The molecule has 0 aliphatic heterocycles. The normalized spacial score (nSPS) is 13.9. The van der Waals surface area contributed by atoms with Gasteiger partial charge < -0.3 is 0 Å². The molecule has 0 aliphatic rings. The van der Waals surface area contributed by atoms with Crippen molar-refractivity contribution in [1.29, 1.82) is 0 Å². The molecule has 15 heavy (non-hydrogen) atoms. The van der Waals surface area contributed by atoms with Crippen molar-refractivity contribution in [2.45, 2.75) is 18.0 Å². The fourth-order valence-corrected chi connectivity index (χ4v) is 1.43. The van der Waals surface area contributed by atoms with E-state index in [4.69, 9.17) is 23.2 Å². The van der Waals surface area contributed by atoms with Crippen LogP contribution in [0.2, 0.25) is 0 Å². The Morgan fingerprint density at radius 1 is 1.13 bits per heavy atom. The van der Waals surface area contributed by atoms with E-state index in [1.165, 1.54) is 12.1 Å². The Labute approximate surface area is 96.0 Å². The third-order valence-corrected chi connectivity index (χ3v) is 2.74. The number of hydrogen-bond donors (Lipinski definition) is 0. The van der Waals surface area contributed by atoms with Crippen molar-refractivity contribution in [2.24, 2.45) is 0 Å². The molecule has 1 unspecified atom stereocenters. The van der Waals surface area contributed by atoms with Gasteiger partial charge in [-0.15, -0.1) is 23.2 Å². The first-order valence-corrected chi connectivity index (χ1v) is 5.26. The lowest BCUT2D eigenvalue weighted by Crippen LogP contribution is -2.07. The molecule has 0 saturated heterocycles. The fourth-order valence-electron chi connectivity index (χ4n) is 1.14. The number of alkyl halides is 5. The summed E-state index contributed by atoms with van der Waals surface area (Å²) < 4.78 is 36.6. The lowest BCUT2D eigenvalue weighted by molar-refractivity contribution is -0.137. The van der Waals surface area contributed by atoms with E-state index in [1.807, 2.05) is 0 Å². The molecule has 0 spiro atoms. The quantitative estimate of drug-likeness (QED) is 0.715. The third kappa shape index (κ3) is 3.92. The van der Waals surface area contributed by atoms with Crippen molar-refractivity contribution in [3.8, 4) is 0 Å². The van der Waals surface area contributed by atoms with Gasteiger partial charge in [0, 0.05) is 5.88 Å². The smallest absolute Gasteiger partial charge is 0.166 e. The summed E-state index contributed by atoms with van der Waals surface area (Å²) in [5.41, 5.74) is 0.104. The first kappa shape index (κ1) is 12.7. The molecular formula is C10H9Cl2F3. The number of halogens is 5. The minimum Gasteiger partial charge on any atom is -0.166 e. The van der Waals surface area contributed by atoms with Crippen LogP contribution in [0.25, 0.3) is 0 Å². The predicted molar refractivity (Wildman–Crippen MR) is 55.5 cm³/mol. The summed E-state index contributed by atoms with van der Waals surface area (Å²) in [5, 5.41) is -0.247. The number of hydrogen-bond acceptors (Lipinski definition) is 0. The summed E-state index contributed by atoms with van der Waals surface area (Å²) in [6.45, 7) is 0. The molecule has 0 aromatic heterocycles. The van der Waals surface area contributed by atoms with Gasteiger partial charge >= 0.3 is 6.18 Å². The van der Waals surface area contributed by atoms with E-state index in [0.29, 0.717) is 6.42 Å². The minimum absolute atomic E-state index is 0.247. The number of benzene rings is 1. The highest BCUT2D eigenvalue weighted by atomic mass is 35.5. The standard InChI is InChI=1S/C10H9Cl2F3/c11-6-9(12)5-7-1-3-8(4-2-7)10(13,14)15/h1-4,9H,5-6H2. The molecular weight excluding hydrogens is 248 g/mol. The van der Waals surface area contributed by atoms with Gasteiger partial charge in [0.05, 0.1) is 10.9 Å². The Bertz CT molecular complexity index is 305. The summed E-state index contributed by atoms with van der Waals surface area (Å²) >= 11 is 11.3. The minimum atomic E-state index is -4.29. The third-order valence-electron chi connectivity index (χ3n) is 1.91. The average Bonchev–Trinajstić information content (AvgIpc) is 2.17. The van der Waals surface area contributed by atoms with Gasteiger partial charge in [0.25, 0.3) is 0 Å². The zero-order valence-corrected chi connectivity index (χ0v) is 9.20. The Hall–Kier alpha value is -0.410. The molecule has 0 amide bonds. The Morgan fingerprint density at radius 2 is 1.67 bits per heavy atom. The van der Waals surface area contributed by atoms with Gasteiger partial charge in [-0.3, -0.25) is 0 Å². The molecule has 0 nitrogen and oxygen atoms in total. The van der Waals surface area contributed by atoms with Crippen LogP contribution in [0.5, 0.6) is 0 Å². The van der Waals surface area contributed by atoms with Gasteiger partial charge in [-0.1, -0.05) is 12.1 Å². The van der Waals surface area contributed by atoms with Gasteiger partial charge in [0.15, 0.2) is 0 Å². The van der Waals surface area contributed by atoms with Crippen molar-refractivity contribution in [2.75, 3.05) is 5.88 Å². The van der Waals surface area contributed by atoms with Crippen LogP contribution >= 0.6 is 23.2 Å². The zero-order valence-electron chi connectivity index (χ0n) is 7.69. The molecule has 0 aliphatic carbocycles. The maximum atomic E-state index is 12.2. The Kier molecular flexibility index (Phi) is 4.29. The summed E-state index contributed by atoms with van der Waals surface area (Å²) in [7, 11) is 0. The molecule has 5 heteroatoms. The van der Waals surface area contributed by atoms with E-state index in [9.17, 15) is 13.2 Å². The summed E-state index contributed by atoms with van der Waals surface area (Å²) in [4.78, 5) is 0. The van der Waals surface area contributed by atoms with Gasteiger partial charge in [0.1, 0.15) is 0 Å². The topological polar surface area (TPSA) is 0 Å². The molecule has 0 radical (unpaired) electrons. The maximum Gasteiger partial charge on any atom is 0.416 e. The lowest BCUT2D eigenvalue weighted by atomic mass is 10.1. The van der Waals surface area contributed by atoms with Crippen molar-refractivity contribution < 1.29 is 13.2 Å². The molecule has 0 bridgehead atoms. The first-order valence-electron chi connectivity index (χ1n) is 4.29. The van der Waals surface area contributed by atoms with E-state index in [-0.39, 0.29) is 11.3 Å². The summed E-state index contributed by atoms with van der Waals surface area (Å²) in [6.07, 6.45) is -3.81. The van der Waals surface area contributed by atoms with Crippen LogP contribution in [-0.2, 0) is 12.6 Å². The highest BCUT2D eigenvalue weighted by molar-refractivity contribution is 6.28. The SMILES string of the molecule is FC(F)(F)c1ccc(CC(Cl)CCl)cc1. The molecule has 0 heterocycles. The van der Waals surface area contributed by atoms with Crippen LogP contribution in [0.3, 0.4) is 0 Å². The Balaban J connectivity index is 2.73. The second-order valence-electron chi connectivity index (χ2n) is 3.15. The molecule has 84 valence electrons. The first-order chi connectivity index (χ1) is 6.93. The fraction of sp³-hybridized carbons (Fsp3) is 0.400. The van der Waals surface area contributed by atoms with Gasteiger partial charge in [-0.25, -0.2) is 0 Å². The molecule has 0 fully saturated rings. The molecule has 0 N–H and O–H groups in total. The maximum absolute atomic E-state index is 12.2. The van der Waals surface area contributed by atoms with Crippen LogP contribution in [-0.4, -0.2) is 11.3 Å². The van der Waals surface area contributed by atoms with Crippen LogP contribution in [0.1, 0.15) is 11.1 Å². The molecule has 1 aromatic rings. The van der Waals surface area contributed by atoms with E-state index in [0.717, 1.165) is 17.7 Å². The van der Waals surface area contributed by atoms with E-state index >= 15 is 0 Å². The van der Waals surface area contributed by atoms with Gasteiger partial charge in [-0.2, -0.15) is 13.2 Å². The van der Waals surface area contributed by atoms with Crippen LogP contribution in [0.15, 0.2) is 24.3 Å². The summed E-state index contributed by atoms with van der Waals surface area (Å²) in [5.74, 6) is 0.280. The van der Waals surface area contributed by atoms with Crippen LogP contribution < -0.4 is 0 Å². The van der Waals surface area contributed by atoms with Crippen LogP contribution in [0, 0.1) is 0 Å². The van der Waals surface area contributed by atoms with Crippen molar-refractivity contribution >= 4 is 23.2 Å². The average molecular weight is 257 g/mol. The monoisotopic (exact) mass is 256 g/mol. The van der Waals surface area contributed by atoms with E-state index in [2.05, 4.69) is 0 Å². The van der Waals surface area contributed by atoms with Crippen LogP contribution in [0.4, 0.5) is 13.2 Å². The zero-order chi connectivity index (χ0) is 11.5. The Morgan fingerprint density at radius 3 is 2.07 bits per heavy atom. The van der Waals surface area contributed by atoms with Crippen molar-refractivity contribution in [3.63, 3.8) is 0 Å². The second-order valence-corrected chi connectivity index (χ2v) is 4.08. The molecule has 0 saturated carbocycles.